The number of para-hydroxylation sites is 2. The Balaban J connectivity index is 1.83. The van der Waals surface area contributed by atoms with Gasteiger partial charge in [-0.05, 0) is 57.0 Å². The molecular formula is C28H36BrN3O5. The zero-order valence-electron chi connectivity index (χ0n) is 22.3. The molecule has 1 unspecified atom stereocenters. The van der Waals surface area contributed by atoms with Crippen LogP contribution >= 0.6 is 15.9 Å². The summed E-state index contributed by atoms with van der Waals surface area (Å²) in [4.78, 5) is 24.1. The summed E-state index contributed by atoms with van der Waals surface area (Å²) in [5, 5.41) is 7.98. The lowest BCUT2D eigenvalue weighted by Gasteiger charge is -2.21. The first-order chi connectivity index (χ1) is 17.5. The molecule has 0 spiro atoms. The zero-order chi connectivity index (χ0) is 27.2. The van der Waals surface area contributed by atoms with Crippen LogP contribution in [-0.4, -0.2) is 35.4 Å². The number of methoxy groups -OCH3 is 1. The Morgan fingerprint density at radius 2 is 1.81 bits per heavy atom. The second-order valence-electron chi connectivity index (χ2n) is 9.92. The molecule has 0 amide bonds. The number of benzene rings is 2. The van der Waals surface area contributed by atoms with Crippen molar-refractivity contribution in [3.05, 3.63) is 52.5 Å². The number of anilines is 2. The van der Waals surface area contributed by atoms with Crippen LogP contribution < -0.4 is 15.4 Å². The van der Waals surface area contributed by atoms with Crippen LogP contribution in [0.1, 0.15) is 52.5 Å². The summed E-state index contributed by atoms with van der Waals surface area (Å²) in [6, 6.07) is 13.8. The Morgan fingerprint density at radius 3 is 2.46 bits per heavy atom. The van der Waals surface area contributed by atoms with E-state index < -0.39 is 11.8 Å². The van der Waals surface area contributed by atoms with E-state index in [1.54, 1.807) is 20.8 Å². The molecule has 0 radical (unpaired) electrons. The van der Waals surface area contributed by atoms with Gasteiger partial charge in [-0.3, -0.25) is 4.79 Å². The monoisotopic (exact) mass is 573 g/mol. The molecule has 1 atom stereocenters. The molecule has 0 saturated carbocycles. The van der Waals surface area contributed by atoms with E-state index in [1.807, 2.05) is 54.1 Å². The van der Waals surface area contributed by atoms with Gasteiger partial charge >= 0.3 is 12.1 Å². The first-order valence-electron chi connectivity index (χ1n) is 12.4. The Bertz CT molecular complexity index is 1250. The second-order valence-corrected chi connectivity index (χ2v) is 10.8. The molecule has 3 aromatic rings. The van der Waals surface area contributed by atoms with Gasteiger partial charge in [0.05, 0.1) is 30.4 Å². The minimum Gasteiger partial charge on any atom is -0.469 e. The number of esters is 1. The SMILES string of the molecule is CCCC(CC(=O)OC)Nc1ccccc1NCc1cc(Br)cc2c1cc(OC(=O)OC(C)(C)C)n2C. The fraction of sp³-hybridized carbons (Fsp3) is 0.429. The van der Waals surface area contributed by atoms with E-state index in [2.05, 4.69) is 33.5 Å². The molecule has 200 valence electrons. The van der Waals surface area contributed by atoms with E-state index in [4.69, 9.17) is 14.2 Å². The van der Waals surface area contributed by atoms with Gasteiger partial charge in [0.2, 0.25) is 5.88 Å². The fourth-order valence-corrected chi connectivity index (χ4v) is 4.57. The molecule has 1 heterocycles. The van der Waals surface area contributed by atoms with Crippen LogP contribution in [0.3, 0.4) is 0 Å². The molecule has 2 aromatic carbocycles. The van der Waals surface area contributed by atoms with E-state index in [0.717, 1.165) is 45.2 Å². The summed E-state index contributed by atoms with van der Waals surface area (Å²) in [7, 11) is 3.26. The average Bonchev–Trinajstić information content (AvgIpc) is 3.12. The first kappa shape index (κ1) is 28.4. The van der Waals surface area contributed by atoms with Crippen molar-refractivity contribution in [3.8, 4) is 5.88 Å². The Kier molecular flexibility index (Phi) is 9.48. The standard InChI is InChI=1S/C28H36BrN3O5/c1-7-10-20(15-26(33)35-6)31-23-12-9-8-11-22(23)30-17-18-13-19(29)14-24-21(18)16-25(32(24)5)36-27(34)37-28(2,3)4/h8-9,11-14,16,20,30-31H,7,10,15,17H2,1-6H3. The van der Waals surface area contributed by atoms with Gasteiger partial charge in [-0.15, -0.1) is 0 Å². The molecule has 0 fully saturated rings. The van der Waals surface area contributed by atoms with Gasteiger partial charge in [0, 0.05) is 35.6 Å². The third-order valence-electron chi connectivity index (χ3n) is 5.78. The summed E-state index contributed by atoms with van der Waals surface area (Å²) >= 11 is 3.61. The van der Waals surface area contributed by atoms with Gasteiger partial charge in [-0.1, -0.05) is 41.4 Å². The highest BCUT2D eigenvalue weighted by atomic mass is 79.9. The predicted octanol–water partition coefficient (Wildman–Crippen LogP) is 7.01. The quantitative estimate of drug-likeness (QED) is 0.252. The van der Waals surface area contributed by atoms with Crippen LogP contribution in [0.2, 0.25) is 0 Å². The number of aromatic nitrogens is 1. The molecule has 0 bridgehead atoms. The van der Waals surface area contributed by atoms with Crippen LogP contribution in [-0.2, 0) is 27.9 Å². The minimum absolute atomic E-state index is 0.0281. The predicted molar refractivity (Wildman–Crippen MR) is 150 cm³/mol. The molecule has 0 aliphatic rings. The number of ether oxygens (including phenoxy) is 3. The number of carbonyl (C=O) groups is 2. The number of nitrogens with zero attached hydrogens (tertiary/aromatic N) is 1. The van der Waals surface area contributed by atoms with E-state index in [1.165, 1.54) is 7.11 Å². The van der Waals surface area contributed by atoms with Gasteiger partial charge in [0.1, 0.15) is 5.60 Å². The fourth-order valence-electron chi connectivity index (χ4n) is 4.07. The zero-order valence-corrected chi connectivity index (χ0v) is 23.9. The molecule has 3 rings (SSSR count). The van der Waals surface area contributed by atoms with Crippen molar-refractivity contribution >= 4 is 50.3 Å². The number of hydrogen-bond acceptors (Lipinski definition) is 7. The number of aryl methyl sites for hydroxylation is 1. The lowest BCUT2D eigenvalue weighted by atomic mass is 10.1. The maximum atomic E-state index is 12.3. The topological polar surface area (TPSA) is 90.8 Å². The molecular weight excluding hydrogens is 538 g/mol. The number of fused-ring (bicyclic) bond motifs is 1. The highest BCUT2D eigenvalue weighted by Crippen LogP contribution is 2.32. The van der Waals surface area contributed by atoms with Crippen molar-refractivity contribution in [2.24, 2.45) is 7.05 Å². The maximum absolute atomic E-state index is 12.3. The number of halogens is 1. The van der Waals surface area contributed by atoms with Crippen molar-refractivity contribution in [3.63, 3.8) is 0 Å². The molecule has 2 N–H and O–H groups in total. The number of nitrogens with one attached hydrogen (secondary N) is 2. The lowest BCUT2D eigenvalue weighted by Crippen LogP contribution is -2.26. The molecule has 0 aliphatic carbocycles. The van der Waals surface area contributed by atoms with Gasteiger partial charge in [0.25, 0.3) is 0 Å². The molecule has 0 aliphatic heterocycles. The van der Waals surface area contributed by atoms with Crippen molar-refractivity contribution in [1.82, 2.24) is 4.57 Å². The summed E-state index contributed by atoms with van der Waals surface area (Å²) in [5.74, 6) is 0.164. The van der Waals surface area contributed by atoms with Crippen LogP contribution in [0.4, 0.5) is 16.2 Å². The summed E-state index contributed by atoms with van der Waals surface area (Å²) < 4.78 is 18.4. The summed E-state index contributed by atoms with van der Waals surface area (Å²) in [6.45, 7) is 8.00. The third-order valence-corrected chi connectivity index (χ3v) is 6.24. The highest BCUT2D eigenvalue weighted by Gasteiger charge is 2.21. The van der Waals surface area contributed by atoms with Crippen LogP contribution in [0.5, 0.6) is 5.88 Å². The lowest BCUT2D eigenvalue weighted by molar-refractivity contribution is -0.140. The molecule has 8 nitrogen and oxygen atoms in total. The summed E-state index contributed by atoms with van der Waals surface area (Å²) in [5.41, 5.74) is 3.13. The van der Waals surface area contributed by atoms with Crippen molar-refractivity contribution in [2.75, 3.05) is 17.7 Å². The Morgan fingerprint density at radius 1 is 1.11 bits per heavy atom. The summed E-state index contributed by atoms with van der Waals surface area (Å²) in [6.07, 6.45) is 1.35. The number of rotatable bonds is 10. The van der Waals surface area contributed by atoms with E-state index >= 15 is 0 Å². The first-order valence-corrected chi connectivity index (χ1v) is 13.1. The molecule has 0 saturated heterocycles. The molecule has 1 aromatic heterocycles. The average molecular weight is 575 g/mol. The normalized spacial score (nSPS) is 12.2. The van der Waals surface area contributed by atoms with E-state index in [-0.39, 0.29) is 12.0 Å². The second kappa shape index (κ2) is 12.4. The number of carbonyl (C=O) groups excluding carboxylic acids is 2. The van der Waals surface area contributed by atoms with Crippen molar-refractivity contribution in [2.45, 2.75) is 65.1 Å². The van der Waals surface area contributed by atoms with Gasteiger partial charge in [-0.25, -0.2) is 4.79 Å². The molecule has 37 heavy (non-hydrogen) atoms. The van der Waals surface area contributed by atoms with Gasteiger partial charge in [0.15, 0.2) is 0 Å². The van der Waals surface area contributed by atoms with Gasteiger partial charge < -0.3 is 29.4 Å². The van der Waals surface area contributed by atoms with E-state index in [0.29, 0.717) is 18.8 Å². The van der Waals surface area contributed by atoms with Crippen LogP contribution in [0.15, 0.2) is 46.9 Å². The Labute approximate surface area is 226 Å². The molecule has 9 heteroatoms. The van der Waals surface area contributed by atoms with Crippen molar-refractivity contribution < 1.29 is 23.8 Å². The minimum atomic E-state index is -0.745. The largest absolute Gasteiger partial charge is 0.515 e. The maximum Gasteiger partial charge on any atom is 0.515 e. The third kappa shape index (κ3) is 7.89. The van der Waals surface area contributed by atoms with Crippen LogP contribution in [0.25, 0.3) is 10.9 Å². The Hall–Kier alpha value is -3.20. The highest BCUT2D eigenvalue weighted by molar-refractivity contribution is 9.10. The smallest absolute Gasteiger partial charge is 0.469 e. The van der Waals surface area contributed by atoms with Crippen molar-refractivity contribution in [1.29, 1.82) is 0 Å². The number of hydrogen-bond donors (Lipinski definition) is 2. The van der Waals surface area contributed by atoms with Crippen LogP contribution in [0, 0.1) is 0 Å². The van der Waals surface area contributed by atoms with Gasteiger partial charge in [-0.2, -0.15) is 0 Å². The van der Waals surface area contributed by atoms with E-state index in [9.17, 15) is 9.59 Å².